The molecule has 6 nitrogen and oxygen atoms in total. The molecule has 1 aromatic heterocycles. The second-order valence-corrected chi connectivity index (χ2v) is 6.02. The lowest BCUT2D eigenvalue weighted by Crippen LogP contribution is -2.44. The SMILES string of the molecule is CCCN1CCN(C(=O)c2cc3n(n2)CCO3)c2cc(F)ccc21. The van der Waals surface area contributed by atoms with Crippen molar-refractivity contribution in [3.63, 3.8) is 0 Å². The van der Waals surface area contributed by atoms with E-state index in [0.717, 1.165) is 25.2 Å². The lowest BCUT2D eigenvalue weighted by molar-refractivity contribution is 0.0980. The number of ether oxygens (including phenoxy) is 1. The first-order chi connectivity index (χ1) is 11.7. The molecule has 0 radical (unpaired) electrons. The third-order valence-corrected chi connectivity index (χ3v) is 4.42. The Hall–Kier alpha value is -2.57. The fourth-order valence-corrected chi connectivity index (χ4v) is 3.31. The predicted octanol–water partition coefficient (Wildman–Crippen LogP) is 2.29. The lowest BCUT2D eigenvalue weighted by Gasteiger charge is -2.37. The molecule has 1 aromatic carbocycles. The number of halogens is 1. The Morgan fingerprint density at radius 1 is 1.25 bits per heavy atom. The first kappa shape index (κ1) is 15.0. The van der Waals surface area contributed by atoms with Gasteiger partial charge in [-0.3, -0.25) is 4.79 Å². The summed E-state index contributed by atoms with van der Waals surface area (Å²) in [6, 6.07) is 6.27. The molecule has 0 fully saturated rings. The zero-order chi connectivity index (χ0) is 16.7. The van der Waals surface area contributed by atoms with E-state index in [1.165, 1.54) is 12.1 Å². The molecule has 4 rings (SSSR count). The van der Waals surface area contributed by atoms with Crippen LogP contribution >= 0.6 is 0 Å². The standard InChI is InChI=1S/C17H19FN4O2/c1-2-5-20-6-7-21(15-10-12(18)3-4-14(15)20)17(23)13-11-16-22(19-13)8-9-24-16/h3-4,10-11H,2,5-9H2,1H3. The Bertz CT molecular complexity index is 767. The molecule has 0 bridgehead atoms. The van der Waals surface area contributed by atoms with Gasteiger partial charge in [0.25, 0.3) is 5.91 Å². The fourth-order valence-electron chi connectivity index (χ4n) is 3.31. The van der Waals surface area contributed by atoms with E-state index >= 15 is 0 Å². The Morgan fingerprint density at radius 3 is 2.92 bits per heavy atom. The van der Waals surface area contributed by atoms with E-state index in [1.807, 2.05) is 0 Å². The molecule has 0 saturated heterocycles. The third kappa shape index (κ3) is 2.40. The summed E-state index contributed by atoms with van der Waals surface area (Å²) in [5, 5.41) is 4.31. The van der Waals surface area contributed by atoms with Gasteiger partial charge in [-0.1, -0.05) is 6.92 Å². The maximum Gasteiger partial charge on any atom is 0.279 e. The summed E-state index contributed by atoms with van der Waals surface area (Å²) in [5.41, 5.74) is 1.83. The van der Waals surface area contributed by atoms with Crippen LogP contribution in [0.25, 0.3) is 0 Å². The van der Waals surface area contributed by atoms with Crippen LogP contribution in [0.5, 0.6) is 5.88 Å². The van der Waals surface area contributed by atoms with Gasteiger partial charge in [-0.05, 0) is 24.6 Å². The Labute approximate surface area is 139 Å². The van der Waals surface area contributed by atoms with Crippen LogP contribution in [-0.4, -0.2) is 41.9 Å². The van der Waals surface area contributed by atoms with Gasteiger partial charge in [0.1, 0.15) is 12.4 Å². The second kappa shape index (κ2) is 5.81. The fraction of sp³-hybridized carbons (Fsp3) is 0.412. The zero-order valence-electron chi connectivity index (χ0n) is 13.5. The quantitative estimate of drug-likeness (QED) is 0.866. The van der Waals surface area contributed by atoms with Gasteiger partial charge in [-0.25, -0.2) is 9.07 Å². The summed E-state index contributed by atoms with van der Waals surface area (Å²) >= 11 is 0. The maximum atomic E-state index is 13.8. The minimum atomic E-state index is -0.347. The summed E-state index contributed by atoms with van der Waals surface area (Å²) in [7, 11) is 0. The number of amides is 1. The van der Waals surface area contributed by atoms with Crippen LogP contribution in [0.1, 0.15) is 23.8 Å². The molecule has 24 heavy (non-hydrogen) atoms. The summed E-state index contributed by atoms with van der Waals surface area (Å²) in [6.45, 7) is 5.46. The maximum absolute atomic E-state index is 13.8. The van der Waals surface area contributed by atoms with Crippen molar-refractivity contribution in [2.45, 2.75) is 19.9 Å². The average molecular weight is 330 g/mol. The van der Waals surface area contributed by atoms with Gasteiger partial charge in [0.2, 0.25) is 5.88 Å². The van der Waals surface area contributed by atoms with Gasteiger partial charge in [0.05, 0.1) is 17.9 Å². The monoisotopic (exact) mass is 330 g/mol. The predicted molar refractivity (Wildman–Crippen MR) is 88.3 cm³/mol. The second-order valence-electron chi connectivity index (χ2n) is 6.02. The van der Waals surface area contributed by atoms with E-state index in [2.05, 4.69) is 16.9 Å². The van der Waals surface area contributed by atoms with Crippen molar-refractivity contribution < 1.29 is 13.9 Å². The summed E-state index contributed by atoms with van der Waals surface area (Å²) in [6.07, 6.45) is 0.996. The van der Waals surface area contributed by atoms with Crippen LogP contribution in [0, 0.1) is 5.82 Å². The summed E-state index contributed by atoms with van der Waals surface area (Å²) < 4.78 is 20.9. The van der Waals surface area contributed by atoms with Crippen LogP contribution in [0.3, 0.4) is 0 Å². The molecule has 2 aliphatic rings. The molecule has 0 unspecified atom stereocenters. The molecule has 0 spiro atoms. The third-order valence-electron chi connectivity index (χ3n) is 4.42. The largest absolute Gasteiger partial charge is 0.476 e. The molecule has 7 heteroatoms. The van der Waals surface area contributed by atoms with Gasteiger partial charge < -0.3 is 14.5 Å². The van der Waals surface area contributed by atoms with Crippen LogP contribution in [-0.2, 0) is 6.54 Å². The number of carbonyl (C=O) groups excluding carboxylic acids is 1. The number of aromatic nitrogens is 2. The molecule has 1 amide bonds. The molecule has 2 aromatic rings. The number of nitrogens with zero attached hydrogens (tertiary/aromatic N) is 4. The number of rotatable bonds is 3. The Balaban J connectivity index is 1.68. The first-order valence-corrected chi connectivity index (χ1v) is 8.24. The normalized spacial score (nSPS) is 15.9. The van der Waals surface area contributed by atoms with Crippen molar-refractivity contribution in [3.8, 4) is 5.88 Å². The minimum Gasteiger partial charge on any atom is -0.476 e. The van der Waals surface area contributed by atoms with E-state index < -0.39 is 0 Å². The van der Waals surface area contributed by atoms with Gasteiger partial charge in [-0.15, -0.1) is 0 Å². The van der Waals surface area contributed by atoms with E-state index in [-0.39, 0.29) is 11.7 Å². The molecule has 3 heterocycles. The minimum absolute atomic E-state index is 0.219. The van der Waals surface area contributed by atoms with Crippen molar-refractivity contribution in [1.29, 1.82) is 0 Å². The Morgan fingerprint density at radius 2 is 2.12 bits per heavy atom. The van der Waals surface area contributed by atoms with Crippen molar-refractivity contribution in [2.75, 3.05) is 36.0 Å². The average Bonchev–Trinajstić information content (AvgIpc) is 3.16. The molecular weight excluding hydrogens is 311 g/mol. The number of hydrogen-bond acceptors (Lipinski definition) is 4. The first-order valence-electron chi connectivity index (χ1n) is 8.24. The van der Waals surface area contributed by atoms with E-state index in [0.29, 0.717) is 37.0 Å². The highest BCUT2D eigenvalue weighted by molar-refractivity contribution is 6.07. The van der Waals surface area contributed by atoms with Crippen molar-refractivity contribution in [3.05, 3.63) is 35.8 Å². The number of benzene rings is 1. The zero-order valence-corrected chi connectivity index (χ0v) is 13.5. The van der Waals surface area contributed by atoms with E-state index in [4.69, 9.17) is 4.74 Å². The van der Waals surface area contributed by atoms with Crippen molar-refractivity contribution in [2.24, 2.45) is 0 Å². The number of anilines is 2. The lowest BCUT2D eigenvalue weighted by atomic mass is 10.1. The molecule has 2 aliphatic heterocycles. The van der Waals surface area contributed by atoms with Gasteiger partial charge >= 0.3 is 0 Å². The van der Waals surface area contributed by atoms with Crippen LogP contribution in [0.4, 0.5) is 15.8 Å². The molecule has 0 aliphatic carbocycles. The highest BCUT2D eigenvalue weighted by Gasteiger charge is 2.30. The Kier molecular flexibility index (Phi) is 3.63. The highest BCUT2D eigenvalue weighted by Crippen LogP contribution is 2.35. The van der Waals surface area contributed by atoms with Crippen LogP contribution in [0.2, 0.25) is 0 Å². The van der Waals surface area contributed by atoms with Crippen molar-refractivity contribution >= 4 is 17.3 Å². The van der Waals surface area contributed by atoms with E-state index in [1.54, 1.807) is 21.7 Å². The number of carbonyl (C=O) groups is 1. The molecule has 0 saturated carbocycles. The van der Waals surface area contributed by atoms with E-state index in [9.17, 15) is 9.18 Å². The van der Waals surface area contributed by atoms with Gasteiger partial charge in [0.15, 0.2) is 5.69 Å². The van der Waals surface area contributed by atoms with Gasteiger partial charge in [-0.2, -0.15) is 5.10 Å². The summed E-state index contributed by atoms with van der Waals surface area (Å²) in [4.78, 5) is 16.7. The summed E-state index contributed by atoms with van der Waals surface area (Å²) in [5.74, 6) is 0.0477. The van der Waals surface area contributed by atoms with Crippen LogP contribution in [0.15, 0.2) is 24.3 Å². The van der Waals surface area contributed by atoms with Crippen LogP contribution < -0.4 is 14.5 Å². The number of fused-ring (bicyclic) bond motifs is 2. The molecule has 0 atom stereocenters. The van der Waals surface area contributed by atoms with Crippen molar-refractivity contribution in [1.82, 2.24) is 9.78 Å². The highest BCUT2D eigenvalue weighted by atomic mass is 19.1. The number of hydrogen-bond donors (Lipinski definition) is 0. The smallest absolute Gasteiger partial charge is 0.279 e. The molecule has 126 valence electrons. The van der Waals surface area contributed by atoms with Gasteiger partial charge in [0, 0.05) is 25.7 Å². The molecular formula is C17H19FN4O2. The molecule has 0 N–H and O–H groups in total. The topological polar surface area (TPSA) is 50.6 Å².